The van der Waals surface area contributed by atoms with Gasteiger partial charge < -0.3 is 14.8 Å². The van der Waals surface area contributed by atoms with E-state index in [1.54, 1.807) is 18.3 Å². The largest absolute Gasteiger partial charge is 0.472 e. The van der Waals surface area contributed by atoms with E-state index >= 15 is 0 Å². The van der Waals surface area contributed by atoms with Crippen LogP contribution in [0.5, 0.6) is 5.88 Å². The molecular formula is C18H19FN2O3. The molecule has 0 spiro atoms. The SMILES string of the molecule is CC(=O)c1c(F)cccc1NCc1ccnc(OC2CCOC2)c1. The molecular weight excluding hydrogens is 311 g/mol. The number of halogens is 1. The number of carbonyl (C=O) groups is 1. The minimum atomic E-state index is -0.521. The average molecular weight is 330 g/mol. The summed E-state index contributed by atoms with van der Waals surface area (Å²) in [6.07, 6.45) is 2.56. The molecule has 1 saturated heterocycles. The molecule has 0 amide bonds. The molecule has 0 bridgehead atoms. The van der Waals surface area contributed by atoms with Crippen LogP contribution >= 0.6 is 0 Å². The third-order valence-corrected chi connectivity index (χ3v) is 3.82. The van der Waals surface area contributed by atoms with Crippen molar-refractivity contribution < 1.29 is 18.7 Å². The number of Topliss-reactive ketones (excluding diaryl/α,β-unsaturated/α-hetero) is 1. The van der Waals surface area contributed by atoms with Gasteiger partial charge in [0.15, 0.2) is 5.78 Å². The minimum absolute atomic E-state index is 0.0354. The van der Waals surface area contributed by atoms with E-state index in [1.807, 2.05) is 12.1 Å². The lowest BCUT2D eigenvalue weighted by Gasteiger charge is -2.13. The fourth-order valence-electron chi connectivity index (χ4n) is 2.63. The van der Waals surface area contributed by atoms with E-state index < -0.39 is 5.82 Å². The molecule has 2 aromatic rings. The van der Waals surface area contributed by atoms with E-state index in [0.717, 1.165) is 12.0 Å². The van der Waals surface area contributed by atoms with Crippen molar-refractivity contribution in [1.29, 1.82) is 0 Å². The second-order valence-electron chi connectivity index (χ2n) is 5.68. The predicted octanol–water partition coefficient (Wildman–Crippen LogP) is 3.20. The Hall–Kier alpha value is -2.47. The molecule has 6 heteroatoms. The van der Waals surface area contributed by atoms with Gasteiger partial charge in [0.05, 0.1) is 18.8 Å². The van der Waals surface area contributed by atoms with Crippen molar-refractivity contribution in [2.45, 2.75) is 26.0 Å². The van der Waals surface area contributed by atoms with E-state index in [0.29, 0.717) is 31.3 Å². The third-order valence-electron chi connectivity index (χ3n) is 3.82. The summed E-state index contributed by atoms with van der Waals surface area (Å²) < 4.78 is 24.9. The van der Waals surface area contributed by atoms with Crippen LogP contribution in [0.4, 0.5) is 10.1 Å². The van der Waals surface area contributed by atoms with Crippen LogP contribution in [0.15, 0.2) is 36.5 Å². The lowest BCUT2D eigenvalue weighted by molar-refractivity contribution is 0.101. The number of ketones is 1. The van der Waals surface area contributed by atoms with Crippen LogP contribution in [0, 0.1) is 5.82 Å². The normalized spacial score (nSPS) is 16.8. The van der Waals surface area contributed by atoms with E-state index in [9.17, 15) is 9.18 Å². The van der Waals surface area contributed by atoms with Crippen molar-refractivity contribution in [3.8, 4) is 5.88 Å². The zero-order chi connectivity index (χ0) is 16.9. The van der Waals surface area contributed by atoms with Crippen LogP contribution in [0.2, 0.25) is 0 Å². The number of ether oxygens (including phenoxy) is 2. The molecule has 1 unspecified atom stereocenters. The first-order chi connectivity index (χ1) is 11.6. The topological polar surface area (TPSA) is 60.5 Å². The maximum Gasteiger partial charge on any atom is 0.213 e. The second-order valence-corrected chi connectivity index (χ2v) is 5.68. The number of anilines is 1. The lowest BCUT2D eigenvalue weighted by Crippen LogP contribution is -2.16. The number of benzene rings is 1. The van der Waals surface area contributed by atoms with Crippen LogP contribution in [-0.4, -0.2) is 30.1 Å². The zero-order valence-electron chi connectivity index (χ0n) is 13.4. The van der Waals surface area contributed by atoms with Gasteiger partial charge >= 0.3 is 0 Å². The number of nitrogens with one attached hydrogen (secondary N) is 1. The van der Waals surface area contributed by atoms with Crippen molar-refractivity contribution >= 4 is 11.5 Å². The number of carbonyl (C=O) groups excluding carboxylic acids is 1. The van der Waals surface area contributed by atoms with Crippen molar-refractivity contribution in [3.63, 3.8) is 0 Å². The number of hydrogen-bond donors (Lipinski definition) is 1. The summed E-state index contributed by atoms with van der Waals surface area (Å²) in [5, 5.41) is 3.10. The summed E-state index contributed by atoms with van der Waals surface area (Å²) in [6, 6.07) is 8.22. The summed E-state index contributed by atoms with van der Waals surface area (Å²) in [4.78, 5) is 15.8. The fourth-order valence-corrected chi connectivity index (χ4v) is 2.63. The standard InChI is InChI=1S/C18H19FN2O3/c1-12(22)18-15(19)3-2-4-16(18)21-10-13-5-7-20-17(9-13)24-14-6-8-23-11-14/h2-5,7,9,14,21H,6,8,10-11H2,1H3. The number of aromatic nitrogens is 1. The molecule has 1 fully saturated rings. The number of nitrogens with zero attached hydrogens (tertiary/aromatic N) is 1. The molecule has 1 aromatic heterocycles. The maximum absolute atomic E-state index is 13.8. The smallest absolute Gasteiger partial charge is 0.213 e. The highest BCUT2D eigenvalue weighted by molar-refractivity contribution is 5.99. The van der Waals surface area contributed by atoms with Gasteiger partial charge in [-0.15, -0.1) is 0 Å². The highest BCUT2D eigenvalue weighted by atomic mass is 19.1. The quantitative estimate of drug-likeness (QED) is 0.824. The summed E-state index contributed by atoms with van der Waals surface area (Å²) >= 11 is 0. The van der Waals surface area contributed by atoms with Crippen molar-refractivity contribution in [1.82, 2.24) is 4.98 Å². The Morgan fingerprint density at radius 2 is 2.33 bits per heavy atom. The molecule has 1 N–H and O–H groups in total. The fraction of sp³-hybridized carbons (Fsp3) is 0.333. The molecule has 24 heavy (non-hydrogen) atoms. The van der Waals surface area contributed by atoms with Gasteiger partial charge in [-0.05, 0) is 30.7 Å². The summed E-state index contributed by atoms with van der Waals surface area (Å²) in [7, 11) is 0. The minimum Gasteiger partial charge on any atom is -0.472 e. The van der Waals surface area contributed by atoms with Crippen LogP contribution in [0.25, 0.3) is 0 Å². The van der Waals surface area contributed by atoms with Crippen molar-refractivity contribution in [3.05, 3.63) is 53.5 Å². The molecule has 0 saturated carbocycles. The van der Waals surface area contributed by atoms with Crippen molar-refractivity contribution in [2.75, 3.05) is 18.5 Å². The highest BCUT2D eigenvalue weighted by Crippen LogP contribution is 2.21. The van der Waals surface area contributed by atoms with E-state index in [-0.39, 0.29) is 17.5 Å². The van der Waals surface area contributed by atoms with Gasteiger partial charge in [-0.1, -0.05) is 6.07 Å². The van der Waals surface area contributed by atoms with Gasteiger partial charge in [-0.25, -0.2) is 9.37 Å². The number of hydrogen-bond acceptors (Lipinski definition) is 5. The van der Waals surface area contributed by atoms with Gasteiger partial charge in [0.1, 0.15) is 11.9 Å². The zero-order valence-corrected chi connectivity index (χ0v) is 13.4. The van der Waals surface area contributed by atoms with Gasteiger partial charge in [0.2, 0.25) is 5.88 Å². The average Bonchev–Trinajstić information content (AvgIpc) is 3.06. The van der Waals surface area contributed by atoms with E-state index in [4.69, 9.17) is 9.47 Å². The molecule has 1 aliphatic heterocycles. The Labute approximate surface area is 139 Å². The summed E-state index contributed by atoms with van der Waals surface area (Å²) in [5.74, 6) is -0.293. The molecule has 3 rings (SSSR count). The molecule has 5 nitrogen and oxygen atoms in total. The van der Waals surface area contributed by atoms with Crippen LogP contribution in [0.3, 0.4) is 0 Å². The van der Waals surface area contributed by atoms with Crippen LogP contribution in [-0.2, 0) is 11.3 Å². The first kappa shape index (κ1) is 16.4. The Morgan fingerprint density at radius 3 is 3.08 bits per heavy atom. The molecule has 2 heterocycles. The highest BCUT2D eigenvalue weighted by Gasteiger charge is 2.18. The molecule has 1 aliphatic rings. The third kappa shape index (κ3) is 3.89. The second kappa shape index (κ2) is 7.40. The summed E-state index contributed by atoms with van der Waals surface area (Å²) in [5.41, 5.74) is 1.48. The van der Waals surface area contributed by atoms with Gasteiger partial charge in [0, 0.05) is 30.9 Å². The molecule has 0 aliphatic carbocycles. The monoisotopic (exact) mass is 330 g/mol. The summed E-state index contributed by atoms with van der Waals surface area (Å²) in [6.45, 7) is 3.07. The van der Waals surface area contributed by atoms with Crippen molar-refractivity contribution in [2.24, 2.45) is 0 Å². The number of rotatable bonds is 6. The van der Waals surface area contributed by atoms with Crippen LogP contribution < -0.4 is 10.1 Å². The lowest BCUT2D eigenvalue weighted by atomic mass is 10.1. The Balaban J connectivity index is 1.69. The molecule has 1 atom stereocenters. The first-order valence-electron chi connectivity index (χ1n) is 7.86. The molecule has 1 aromatic carbocycles. The van der Waals surface area contributed by atoms with Gasteiger partial charge in [-0.2, -0.15) is 0 Å². The Bertz CT molecular complexity index is 730. The maximum atomic E-state index is 13.8. The number of pyridine rings is 1. The van der Waals surface area contributed by atoms with Gasteiger partial charge in [0.25, 0.3) is 0 Å². The van der Waals surface area contributed by atoms with Crippen LogP contribution in [0.1, 0.15) is 29.3 Å². The molecule has 0 radical (unpaired) electrons. The predicted molar refractivity (Wildman–Crippen MR) is 87.8 cm³/mol. The van der Waals surface area contributed by atoms with E-state index in [1.165, 1.54) is 13.0 Å². The Kier molecular flexibility index (Phi) is 5.05. The first-order valence-corrected chi connectivity index (χ1v) is 7.86. The van der Waals surface area contributed by atoms with Gasteiger partial charge in [-0.3, -0.25) is 4.79 Å². The molecule has 126 valence electrons. The van der Waals surface area contributed by atoms with E-state index in [2.05, 4.69) is 10.3 Å². The Morgan fingerprint density at radius 1 is 1.46 bits per heavy atom.